The molecule has 2 aromatic rings. The van der Waals surface area contributed by atoms with E-state index in [1.807, 2.05) is 26.2 Å². The van der Waals surface area contributed by atoms with E-state index in [1.54, 1.807) is 18.2 Å². The lowest BCUT2D eigenvalue weighted by Gasteiger charge is -2.52. The summed E-state index contributed by atoms with van der Waals surface area (Å²) in [7, 11) is 4.01. The van der Waals surface area contributed by atoms with Crippen LogP contribution in [-0.4, -0.2) is 60.1 Å². The summed E-state index contributed by atoms with van der Waals surface area (Å²) in [6, 6.07) is 17.7. The zero-order chi connectivity index (χ0) is 20.3. The van der Waals surface area contributed by atoms with Gasteiger partial charge in [-0.2, -0.15) is 0 Å². The summed E-state index contributed by atoms with van der Waals surface area (Å²) < 4.78 is 0. The summed E-state index contributed by atoms with van der Waals surface area (Å²) >= 11 is 0. The van der Waals surface area contributed by atoms with Gasteiger partial charge in [-0.1, -0.05) is 42.5 Å². The summed E-state index contributed by atoms with van der Waals surface area (Å²) in [6.45, 7) is 3.93. The number of halogens is 1. The number of carbonyl (C=O) groups is 1. The molecule has 1 aliphatic heterocycles. The number of nitrogens with two attached hydrogens (primary N) is 1. The third kappa shape index (κ3) is 4.98. The minimum atomic E-state index is -1.03. The largest absolute Gasteiger partial charge is 0.383 e. The second kappa shape index (κ2) is 9.72. The molecule has 158 valence electrons. The number of carbonyl (C=O) groups excluding carboxylic acids is 1. The summed E-state index contributed by atoms with van der Waals surface area (Å²) in [6.07, 6.45) is 1.60. The van der Waals surface area contributed by atoms with Crippen molar-refractivity contribution >= 4 is 18.3 Å². The van der Waals surface area contributed by atoms with Crippen molar-refractivity contribution in [1.29, 1.82) is 0 Å². The van der Waals surface area contributed by atoms with Crippen molar-refractivity contribution in [1.82, 2.24) is 9.80 Å². The lowest BCUT2D eigenvalue weighted by atomic mass is 9.75. The third-order valence-corrected chi connectivity index (χ3v) is 6.04. The van der Waals surface area contributed by atoms with Crippen LogP contribution in [0.3, 0.4) is 0 Å². The van der Waals surface area contributed by atoms with Gasteiger partial charge in [-0.3, -0.25) is 9.69 Å². The molecule has 3 N–H and O–H groups in total. The highest BCUT2D eigenvalue weighted by molar-refractivity contribution is 5.92. The number of hydrogen-bond donors (Lipinski definition) is 2. The quantitative estimate of drug-likeness (QED) is 0.758. The number of primary amides is 1. The average molecular weight is 418 g/mol. The predicted molar refractivity (Wildman–Crippen MR) is 119 cm³/mol. The van der Waals surface area contributed by atoms with E-state index < -0.39 is 11.5 Å². The SMILES string of the molecule is CC1C(N(C)C)C(O)(c2cccc(C(N)=O)c2)CCN1CCc1ccccc1.Cl. The molecule has 3 rings (SSSR count). The molecule has 0 radical (unpaired) electrons. The van der Waals surface area contributed by atoms with E-state index in [2.05, 4.69) is 41.0 Å². The second-order valence-electron chi connectivity index (χ2n) is 8.04. The summed E-state index contributed by atoms with van der Waals surface area (Å²) in [5.41, 5.74) is 6.94. The zero-order valence-corrected chi connectivity index (χ0v) is 18.2. The maximum absolute atomic E-state index is 11.7. The number of nitrogens with zero attached hydrogens (tertiary/aromatic N) is 2. The first-order chi connectivity index (χ1) is 13.3. The van der Waals surface area contributed by atoms with Crippen LogP contribution in [0.5, 0.6) is 0 Å². The van der Waals surface area contributed by atoms with Crippen LogP contribution in [0, 0.1) is 0 Å². The van der Waals surface area contributed by atoms with Crippen LogP contribution in [0.15, 0.2) is 54.6 Å². The minimum Gasteiger partial charge on any atom is -0.383 e. The van der Waals surface area contributed by atoms with Crippen molar-refractivity contribution in [2.75, 3.05) is 27.2 Å². The molecule has 1 heterocycles. The van der Waals surface area contributed by atoms with Crippen molar-refractivity contribution in [3.05, 3.63) is 71.3 Å². The Kier molecular flexibility index (Phi) is 7.83. The maximum Gasteiger partial charge on any atom is 0.248 e. The Morgan fingerprint density at radius 3 is 2.52 bits per heavy atom. The lowest BCUT2D eigenvalue weighted by Crippen LogP contribution is -2.63. The predicted octanol–water partition coefficient (Wildman–Crippen LogP) is 2.66. The Morgan fingerprint density at radius 1 is 1.21 bits per heavy atom. The van der Waals surface area contributed by atoms with Crippen molar-refractivity contribution in [3.63, 3.8) is 0 Å². The molecule has 3 unspecified atom stereocenters. The van der Waals surface area contributed by atoms with Crippen LogP contribution < -0.4 is 5.73 Å². The molecule has 1 saturated heterocycles. The highest BCUT2D eigenvalue weighted by Crippen LogP contribution is 2.38. The van der Waals surface area contributed by atoms with Crippen LogP contribution in [0.1, 0.15) is 34.8 Å². The van der Waals surface area contributed by atoms with Gasteiger partial charge in [0, 0.05) is 24.7 Å². The van der Waals surface area contributed by atoms with Gasteiger partial charge in [-0.25, -0.2) is 0 Å². The minimum absolute atomic E-state index is 0. The molecule has 2 aromatic carbocycles. The van der Waals surface area contributed by atoms with Gasteiger partial charge in [-0.15, -0.1) is 12.4 Å². The van der Waals surface area contributed by atoms with Gasteiger partial charge in [0.15, 0.2) is 0 Å². The summed E-state index contributed by atoms with van der Waals surface area (Å²) in [4.78, 5) is 16.2. The number of hydrogen-bond acceptors (Lipinski definition) is 4. The number of amides is 1. The molecule has 0 aliphatic carbocycles. The number of likely N-dealkylation sites (tertiary alicyclic amines) is 1. The van der Waals surface area contributed by atoms with E-state index in [0.29, 0.717) is 12.0 Å². The zero-order valence-electron chi connectivity index (χ0n) is 17.4. The van der Waals surface area contributed by atoms with Crippen molar-refractivity contribution < 1.29 is 9.90 Å². The molecule has 3 atom stereocenters. The smallest absolute Gasteiger partial charge is 0.248 e. The second-order valence-corrected chi connectivity index (χ2v) is 8.04. The van der Waals surface area contributed by atoms with Gasteiger partial charge in [0.05, 0.1) is 6.04 Å². The first kappa shape index (κ1) is 23.4. The lowest BCUT2D eigenvalue weighted by molar-refractivity contribution is -0.111. The van der Waals surface area contributed by atoms with Gasteiger partial charge in [-0.05, 0) is 57.1 Å². The standard InChI is InChI=1S/C23H31N3O2.ClH/c1-17-21(25(2)3)23(28,20-11-7-10-19(16-20)22(24)27)13-15-26(17)14-12-18-8-5-4-6-9-18;/h4-11,16-17,21,28H,12-15H2,1-3H3,(H2,24,27);1H. The fourth-order valence-electron chi connectivity index (χ4n) is 4.61. The number of aliphatic hydroxyl groups is 1. The molecule has 0 aromatic heterocycles. The molecule has 5 nitrogen and oxygen atoms in total. The van der Waals surface area contributed by atoms with Gasteiger partial charge in [0.25, 0.3) is 0 Å². The average Bonchev–Trinajstić information content (AvgIpc) is 2.68. The Balaban J connectivity index is 0.00000300. The van der Waals surface area contributed by atoms with Crippen molar-refractivity contribution in [2.24, 2.45) is 5.73 Å². The number of likely N-dealkylation sites (N-methyl/N-ethyl adjacent to an activating group) is 1. The van der Waals surface area contributed by atoms with E-state index in [-0.39, 0.29) is 24.5 Å². The van der Waals surface area contributed by atoms with Crippen LogP contribution in [-0.2, 0) is 12.0 Å². The normalized spacial score (nSPS) is 24.9. The van der Waals surface area contributed by atoms with E-state index in [0.717, 1.165) is 25.1 Å². The summed E-state index contributed by atoms with van der Waals surface area (Å²) in [5.74, 6) is -0.472. The first-order valence-corrected chi connectivity index (χ1v) is 9.90. The van der Waals surface area contributed by atoms with Crippen molar-refractivity contribution in [2.45, 2.75) is 37.5 Å². The van der Waals surface area contributed by atoms with Crippen LogP contribution in [0.4, 0.5) is 0 Å². The van der Waals surface area contributed by atoms with E-state index in [4.69, 9.17) is 5.73 Å². The first-order valence-electron chi connectivity index (χ1n) is 9.90. The van der Waals surface area contributed by atoms with Gasteiger partial charge < -0.3 is 15.7 Å². The number of piperidine rings is 1. The van der Waals surface area contributed by atoms with Crippen LogP contribution >= 0.6 is 12.4 Å². The molecule has 6 heteroatoms. The highest BCUT2D eigenvalue weighted by atomic mass is 35.5. The number of benzene rings is 2. The fourth-order valence-corrected chi connectivity index (χ4v) is 4.61. The molecule has 0 spiro atoms. The molecule has 1 amide bonds. The topological polar surface area (TPSA) is 69.8 Å². The monoisotopic (exact) mass is 417 g/mol. The molecule has 1 aliphatic rings. The highest BCUT2D eigenvalue weighted by Gasteiger charge is 2.48. The van der Waals surface area contributed by atoms with Gasteiger partial charge in [0.2, 0.25) is 5.91 Å². The molecule has 0 saturated carbocycles. The molecule has 0 bridgehead atoms. The molecular weight excluding hydrogens is 386 g/mol. The maximum atomic E-state index is 11.7. The Hall–Kier alpha value is -1.92. The molecule has 29 heavy (non-hydrogen) atoms. The van der Waals surface area contributed by atoms with Gasteiger partial charge >= 0.3 is 0 Å². The van der Waals surface area contributed by atoms with Gasteiger partial charge in [0.1, 0.15) is 5.60 Å². The Bertz CT molecular complexity index is 815. The van der Waals surface area contributed by atoms with E-state index in [1.165, 1.54) is 5.56 Å². The summed E-state index contributed by atoms with van der Waals surface area (Å²) in [5, 5.41) is 11.7. The van der Waals surface area contributed by atoms with E-state index >= 15 is 0 Å². The van der Waals surface area contributed by atoms with Crippen LogP contribution in [0.25, 0.3) is 0 Å². The Labute approximate surface area is 179 Å². The fraction of sp³-hybridized carbons (Fsp3) is 0.435. The third-order valence-electron chi connectivity index (χ3n) is 6.04. The van der Waals surface area contributed by atoms with Crippen molar-refractivity contribution in [3.8, 4) is 0 Å². The molecular formula is C23H32ClN3O2. The van der Waals surface area contributed by atoms with E-state index in [9.17, 15) is 9.90 Å². The van der Waals surface area contributed by atoms with Crippen LogP contribution in [0.2, 0.25) is 0 Å². The number of rotatable bonds is 6. The Morgan fingerprint density at radius 2 is 1.90 bits per heavy atom. The molecule has 1 fully saturated rings.